The van der Waals surface area contributed by atoms with Crippen molar-refractivity contribution in [2.24, 2.45) is 5.41 Å². The van der Waals surface area contributed by atoms with Gasteiger partial charge >= 0.3 is 21.1 Å². The van der Waals surface area contributed by atoms with Crippen LogP contribution in [0.25, 0.3) is 5.73 Å². The molecule has 0 radical (unpaired) electrons. The SMILES string of the molecule is O.O.[CH2-]CC(C[NH-])(CO)CO.[Pt+2]. The van der Waals surface area contributed by atoms with E-state index in [2.05, 4.69) is 6.92 Å². The largest absolute Gasteiger partial charge is 2.00 e. The summed E-state index contributed by atoms with van der Waals surface area (Å²) >= 11 is 0. The van der Waals surface area contributed by atoms with Gasteiger partial charge in [-0.05, 0) is 5.41 Å². The van der Waals surface area contributed by atoms with Gasteiger partial charge < -0.3 is 33.8 Å². The molecule has 0 fully saturated rings. The fourth-order valence-electron chi connectivity index (χ4n) is 0.408. The van der Waals surface area contributed by atoms with Gasteiger partial charge in [0.05, 0.1) is 0 Å². The predicted molar refractivity (Wildman–Crippen MR) is 43.0 cm³/mol. The van der Waals surface area contributed by atoms with Gasteiger partial charge in [-0.25, -0.2) is 0 Å². The molecular formula is C6H17NO4Pt. The molecule has 0 unspecified atom stereocenters. The molecule has 0 saturated carbocycles. The fourth-order valence-corrected chi connectivity index (χ4v) is 0.408. The van der Waals surface area contributed by atoms with Crippen molar-refractivity contribution in [1.82, 2.24) is 0 Å². The summed E-state index contributed by atoms with van der Waals surface area (Å²) in [5.74, 6) is 0. The minimum Gasteiger partial charge on any atom is -0.677 e. The maximum Gasteiger partial charge on any atom is 2.00 e. The smallest absolute Gasteiger partial charge is 0.677 e. The molecule has 7 N–H and O–H groups in total. The van der Waals surface area contributed by atoms with Crippen LogP contribution in [0.5, 0.6) is 0 Å². The third-order valence-corrected chi connectivity index (χ3v) is 1.58. The second kappa shape index (κ2) is 11.5. The zero-order chi connectivity index (χ0) is 7.33. The summed E-state index contributed by atoms with van der Waals surface area (Å²) < 4.78 is 0. The molecule has 0 amide bonds. The van der Waals surface area contributed by atoms with Crippen LogP contribution in [0.4, 0.5) is 0 Å². The minimum absolute atomic E-state index is 0. The van der Waals surface area contributed by atoms with E-state index in [4.69, 9.17) is 15.9 Å². The maximum absolute atomic E-state index is 8.66. The minimum atomic E-state index is -0.667. The molecule has 0 aromatic heterocycles. The fraction of sp³-hybridized carbons (Fsp3) is 0.833. The van der Waals surface area contributed by atoms with E-state index in [1.54, 1.807) is 0 Å². The molecular weight excluding hydrogens is 345 g/mol. The molecule has 0 atom stereocenters. The van der Waals surface area contributed by atoms with E-state index in [1.165, 1.54) is 0 Å². The van der Waals surface area contributed by atoms with Crippen LogP contribution in [0.3, 0.4) is 0 Å². The molecule has 0 bridgehead atoms. The zero-order valence-electron chi connectivity index (χ0n) is 6.75. The third-order valence-electron chi connectivity index (χ3n) is 1.58. The second-order valence-electron chi connectivity index (χ2n) is 2.24. The van der Waals surface area contributed by atoms with Crippen LogP contribution in [0.1, 0.15) is 6.42 Å². The zero-order valence-corrected chi connectivity index (χ0v) is 9.02. The topological polar surface area (TPSA) is 127 Å². The summed E-state index contributed by atoms with van der Waals surface area (Å²) in [6.45, 7) is 3.25. The van der Waals surface area contributed by atoms with E-state index in [1.807, 2.05) is 0 Å². The first-order valence-electron chi connectivity index (χ1n) is 2.90. The first-order chi connectivity index (χ1) is 4.24. The van der Waals surface area contributed by atoms with Gasteiger partial charge in [-0.15, -0.1) is 6.54 Å². The molecule has 0 spiro atoms. The third kappa shape index (κ3) is 6.05. The average Bonchev–Trinajstić information content (AvgIpc) is 1.95. The first-order valence-corrected chi connectivity index (χ1v) is 2.90. The van der Waals surface area contributed by atoms with E-state index in [9.17, 15) is 0 Å². The molecule has 0 aromatic carbocycles. The molecule has 0 saturated heterocycles. The molecule has 0 aliphatic heterocycles. The average molecular weight is 362 g/mol. The molecule has 5 nitrogen and oxygen atoms in total. The Morgan fingerprint density at radius 1 is 1.17 bits per heavy atom. The summed E-state index contributed by atoms with van der Waals surface area (Å²) in [6.07, 6.45) is 0.406. The molecule has 0 aliphatic carbocycles. The normalized spacial score (nSPS) is 9.00. The van der Waals surface area contributed by atoms with Crippen LogP contribution in [0, 0.1) is 12.3 Å². The van der Waals surface area contributed by atoms with Gasteiger partial charge in [0.2, 0.25) is 0 Å². The van der Waals surface area contributed by atoms with E-state index < -0.39 is 5.41 Å². The number of aliphatic hydroxyl groups excluding tert-OH is 2. The summed E-state index contributed by atoms with van der Waals surface area (Å²) in [7, 11) is 0. The van der Waals surface area contributed by atoms with Gasteiger partial charge in [-0.1, -0.05) is 0 Å². The van der Waals surface area contributed by atoms with Crippen molar-refractivity contribution in [2.75, 3.05) is 19.8 Å². The van der Waals surface area contributed by atoms with Gasteiger partial charge in [0.15, 0.2) is 0 Å². The van der Waals surface area contributed by atoms with Crippen molar-refractivity contribution in [3.63, 3.8) is 0 Å². The monoisotopic (exact) mass is 362 g/mol. The standard InChI is InChI=1S/C6H13NO2.2H2O.Pt/c1-2-6(3-7,4-8)5-9;;;/h7-9H,1-5H2;2*1H2;/q-2;;;+2. The van der Waals surface area contributed by atoms with Crippen molar-refractivity contribution >= 4 is 0 Å². The second-order valence-corrected chi connectivity index (χ2v) is 2.24. The van der Waals surface area contributed by atoms with E-state index in [-0.39, 0.29) is 51.8 Å². The van der Waals surface area contributed by atoms with Crippen molar-refractivity contribution in [3.05, 3.63) is 12.7 Å². The quantitative estimate of drug-likeness (QED) is 0.596. The van der Waals surface area contributed by atoms with Gasteiger partial charge in [-0.3, -0.25) is 0 Å². The van der Waals surface area contributed by atoms with Gasteiger partial charge in [0.1, 0.15) is 0 Å². The number of aliphatic hydroxyl groups is 2. The van der Waals surface area contributed by atoms with Crippen molar-refractivity contribution in [3.8, 4) is 0 Å². The van der Waals surface area contributed by atoms with Crippen LogP contribution >= 0.6 is 0 Å². The Hall–Kier alpha value is 0.488. The number of rotatable bonds is 4. The van der Waals surface area contributed by atoms with E-state index in [0.717, 1.165) is 0 Å². The number of nitrogens with one attached hydrogen (secondary N) is 1. The summed E-state index contributed by atoms with van der Waals surface area (Å²) in [6, 6.07) is 0. The molecule has 0 rings (SSSR count). The Morgan fingerprint density at radius 2 is 1.50 bits per heavy atom. The number of hydrogen-bond acceptors (Lipinski definition) is 2. The van der Waals surface area contributed by atoms with Gasteiger partial charge in [-0.2, -0.15) is 6.42 Å². The van der Waals surface area contributed by atoms with Gasteiger partial charge in [0, 0.05) is 13.2 Å². The Balaban J connectivity index is -0.000000107. The molecule has 0 aliphatic rings. The summed E-state index contributed by atoms with van der Waals surface area (Å²) in [5.41, 5.74) is 6.28. The van der Waals surface area contributed by atoms with Crippen molar-refractivity contribution in [2.45, 2.75) is 6.42 Å². The van der Waals surface area contributed by atoms with E-state index in [0.29, 0.717) is 6.42 Å². The maximum atomic E-state index is 8.66. The first kappa shape index (κ1) is 22.9. The molecule has 0 heterocycles. The Morgan fingerprint density at radius 3 is 1.50 bits per heavy atom. The van der Waals surface area contributed by atoms with Crippen LogP contribution in [-0.4, -0.2) is 40.9 Å². The molecule has 12 heavy (non-hydrogen) atoms. The van der Waals surface area contributed by atoms with Crippen molar-refractivity contribution in [1.29, 1.82) is 0 Å². The van der Waals surface area contributed by atoms with Crippen LogP contribution in [-0.2, 0) is 21.1 Å². The Labute approximate surface area is 86.8 Å². The van der Waals surface area contributed by atoms with Crippen molar-refractivity contribution < 1.29 is 42.2 Å². The summed E-state index contributed by atoms with van der Waals surface area (Å²) in [5, 5.41) is 17.3. The molecule has 0 aromatic rings. The Kier molecular flexibility index (Phi) is 21.9. The van der Waals surface area contributed by atoms with Crippen LogP contribution in [0.15, 0.2) is 0 Å². The van der Waals surface area contributed by atoms with Crippen LogP contribution < -0.4 is 0 Å². The number of hydrogen-bond donors (Lipinski definition) is 2. The van der Waals surface area contributed by atoms with Gasteiger partial charge in [0.25, 0.3) is 0 Å². The predicted octanol–water partition coefficient (Wildman–Crippen LogP) is -1.42. The molecule has 80 valence electrons. The molecule has 6 heteroatoms. The van der Waals surface area contributed by atoms with E-state index >= 15 is 0 Å². The van der Waals surface area contributed by atoms with Crippen LogP contribution in [0.2, 0.25) is 0 Å². The summed E-state index contributed by atoms with van der Waals surface area (Å²) in [4.78, 5) is 0. The Bertz CT molecular complexity index is 62.4.